The van der Waals surface area contributed by atoms with Gasteiger partial charge in [-0.3, -0.25) is 24.0 Å². The summed E-state index contributed by atoms with van der Waals surface area (Å²) < 4.78 is 1.85. The number of carbonyl (C=O) groups is 4. The largest absolute Gasteiger partial charge is 0.481 e. The number of nitrogens with two attached hydrogens (primary N) is 1. The zero-order valence-electron chi connectivity index (χ0n) is 22.0. The van der Waals surface area contributed by atoms with Crippen molar-refractivity contribution in [1.29, 1.82) is 0 Å². The van der Waals surface area contributed by atoms with Crippen LogP contribution in [-0.2, 0) is 19.2 Å². The van der Waals surface area contributed by atoms with E-state index < -0.39 is 17.5 Å². The second kappa shape index (κ2) is 12.8. The van der Waals surface area contributed by atoms with E-state index in [2.05, 4.69) is 5.32 Å². The number of amides is 2. The van der Waals surface area contributed by atoms with Gasteiger partial charge in [-0.05, 0) is 51.8 Å². The molecule has 2 amide bonds. The number of hydrogen-bond donors (Lipinski definition) is 4. The first-order valence-corrected chi connectivity index (χ1v) is 12.4. The summed E-state index contributed by atoms with van der Waals surface area (Å²) in [6.07, 6.45) is 3.41. The molecule has 3 aliphatic rings. The number of nitrogens with one attached hydrogen (secondary N) is 1. The molecule has 2 fully saturated rings. The van der Waals surface area contributed by atoms with Crippen LogP contribution in [0.25, 0.3) is 0 Å². The van der Waals surface area contributed by atoms with Crippen LogP contribution in [0.4, 0.5) is 0 Å². The van der Waals surface area contributed by atoms with Crippen molar-refractivity contribution in [1.82, 2.24) is 19.7 Å². The molecule has 0 aromatic carbocycles. The van der Waals surface area contributed by atoms with Crippen LogP contribution in [0.3, 0.4) is 0 Å². The van der Waals surface area contributed by atoms with E-state index in [1.54, 1.807) is 12.1 Å². The summed E-state index contributed by atoms with van der Waals surface area (Å²) in [4.78, 5) is 59.7. The Morgan fingerprint density at radius 3 is 2.22 bits per heavy atom. The van der Waals surface area contributed by atoms with Gasteiger partial charge in [-0.15, -0.1) is 0 Å². The number of carbonyl (C=O) groups excluding carboxylic acids is 2. The lowest BCUT2D eigenvalue weighted by atomic mass is 9.74. The van der Waals surface area contributed by atoms with Crippen LogP contribution in [0.1, 0.15) is 57.2 Å². The lowest BCUT2D eigenvalue weighted by Crippen LogP contribution is -2.63. The molecule has 0 radical (unpaired) electrons. The van der Waals surface area contributed by atoms with Gasteiger partial charge in [-0.25, -0.2) is 0 Å². The van der Waals surface area contributed by atoms with Crippen LogP contribution in [-0.4, -0.2) is 94.1 Å². The molecule has 2 bridgehead atoms. The molecular weight excluding hydrogens is 482 g/mol. The second-order valence-corrected chi connectivity index (χ2v) is 10.2. The first-order valence-electron chi connectivity index (χ1n) is 12.4. The van der Waals surface area contributed by atoms with Crippen molar-refractivity contribution in [3.05, 3.63) is 34.2 Å². The smallest absolute Gasteiger partial charge is 0.300 e. The number of likely N-dealkylation sites (N-methyl/N-ethyl adjacent to an activating group) is 1. The maximum atomic E-state index is 13.1. The van der Waals surface area contributed by atoms with E-state index in [9.17, 15) is 14.4 Å². The molecule has 3 heterocycles. The predicted molar refractivity (Wildman–Crippen MR) is 136 cm³/mol. The normalized spacial score (nSPS) is 22.6. The first kappa shape index (κ1) is 30.0. The molecule has 3 atom stereocenters. The third-order valence-corrected chi connectivity index (χ3v) is 6.73. The molecule has 0 unspecified atom stereocenters. The molecule has 0 spiro atoms. The fraction of sp³-hybridized carbons (Fsp3) is 0.640. The fourth-order valence-corrected chi connectivity index (χ4v) is 5.12. The van der Waals surface area contributed by atoms with Gasteiger partial charge in [-0.1, -0.05) is 6.07 Å². The zero-order chi connectivity index (χ0) is 27.9. The van der Waals surface area contributed by atoms with E-state index in [1.165, 1.54) is 0 Å². The molecule has 37 heavy (non-hydrogen) atoms. The van der Waals surface area contributed by atoms with Crippen molar-refractivity contribution in [2.75, 3.05) is 40.3 Å². The number of pyridine rings is 1. The van der Waals surface area contributed by atoms with Gasteiger partial charge in [-0.2, -0.15) is 0 Å². The van der Waals surface area contributed by atoms with E-state index in [4.69, 9.17) is 25.5 Å². The molecule has 12 nitrogen and oxygen atoms in total. The molecule has 4 rings (SSSR count). The van der Waals surface area contributed by atoms with E-state index in [-0.39, 0.29) is 35.3 Å². The van der Waals surface area contributed by atoms with Gasteiger partial charge in [0.15, 0.2) is 0 Å². The van der Waals surface area contributed by atoms with Crippen LogP contribution in [0, 0.1) is 5.92 Å². The highest BCUT2D eigenvalue weighted by atomic mass is 16.4. The van der Waals surface area contributed by atoms with Gasteiger partial charge in [0.05, 0.1) is 18.1 Å². The topological polar surface area (TPSA) is 175 Å². The standard InChI is InChI=1S/C21H31N5O3.2C2H4O2/c1-24(2)13-18(27)23-10-17-15-9-14(16-5-3-6-19(28)26(16)17)11-25(12-15)20(29)21(22)7-4-8-21;2*1-2(3)4/h3,5-6,14-15,17H,4,7-13,22H2,1-2H3,(H,23,27);2*1H3,(H,3,4)/t14-,15+,17+;;/m1../s1. The Labute approximate surface area is 216 Å². The monoisotopic (exact) mass is 521 g/mol. The number of carboxylic acids is 2. The van der Waals surface area contributed by atoms with E-state index in [0.29, 0.717) is 26.2 Å². The summed E-state index contributed by atoms with van der Waals surface area (Å²) in [5, 5.41) is 17.8. The van der Waals surface area contributed by atoms with Gasteiger partial charge < -0.3 is 35.6 Å². The molecule has 12 heteroatoms. The Kier molecular flexibility index (Phi) is 10.4. The quantitative estimate of drug-likeness (QED) is 0.418. The van der Waals surface area contributed by atoms with Crippen LogP contribution < -0.4 is 16.6 Å². The van der Waals surface area contributed by atoms with Crippen LogP contribution in [0.15, 0.2) is 23.0 Å². The summed E-state index contributed by atoms with van der Waals surface area (Å²) in [5.74, 6) is -1.44. The van der Waals surface area contributed by atoms with Crippen molar-refractivity contribution in [3.63, 3.8) is 0 Å². The van der Waals surface area contributed by atoms with E-state index in [0.717, 1.165) is 45.2 Å². The molecule has 206 valence electrons. The van der Waals surface area contributed by atoms with Crippen molar-refractivity contribution in [2.24, 2.45) is 11.7 Å². The molecule has 5 N–H and O–H groups in total. The van der Waals surface area contributed by atoms with Crippen molar-refractivity contribution in [3.8, 4) is 0 Å². The third-order valence-electron chi connectivity index (χ3n) is 6.73. The number of likely N-dealkylation sites (tertiary alicyclic amines) is 1. The summed E-state index contributed by atoms with van der Waals surface area (Å²) >= 11 is 0. The summed E-state index contributed by atoms with van der Waals surface area (Å²) in [6, 6.07) is 5.18. The SMILES string of the molecule is CC(=O)O.CC(=O)O.CN(C)CC(=O)NC[C@H]1[C@H]2C[C@H](CN(C(=O)C3(N)CCC3)C2)c2cccc(=O)n21. The van der Waals surface area contributed by atoms with Gasteiger partial charge in [0.25, 0.3) is 17.5 Å². The number of piperidine rings is 1. The second-order valence-electron chi connectivity index (χ2n) is 10.2. The molecule has 1 saturated heterocycles. The average molecular weight is 522 g/mol. The number of aromatic nitrogens is 1. The predicted octanol–water partition coefficient (Wildman–Crippen LogP) is 0.0761. The first-order chi connectivity index (χ1) is 17.2. The fourth-order valence-electron chi connectivity index (χ4n) is 5.12. The van der Waals surface area contributed by atoms with E-state index in [1.807, 2.05) is 34.5 Å². The number of aliphatic carboxylic acids is 2. The molecular formula is C25H39N5O7. The number of hydrogen-bond acceptors (Lipinski definition) is 7. The van der Waals surface area contributed by atoms with Crippen molar-refractivity contribution in [2.45, 2.75) is 57.0 Å². The lowest BCUT2D eigenvalue weighted by molar-refractivity contribution is -0.143. The molecule has 1 aliphatic carbocycles. The van der Waals surface area contributed by atoms with Crippen molar-refractivity contribution < 1.29 is 29.4 Å². The molecule has 1 aromatic heterocycles. The highest BCUT2D eigenvalue weighted by Crippen LogP contribution is 2.42. The number of fused-ring (bicyclic) bond motifs is 4. The lowest BCUT2D eigenvalue weighted by Gasteiger charge is -2.49. The number of rotatable bonds is 5. The molecule has 1 saturated carbocycles. The number of carboxylic acid groups (broad SMARTS) is 2. The molecule has 2 aliphatic heterocycles. The van der Waals surface area contributed by atoms with Crippen LogP contribution in [0.2, 0.25) is 0 Å². The van der Waals surface area contributed by atoms with Gasteiger partial charge in [0.2, 0.25) is 11.8 Å². The van der Waals surface area contributed by atoms with Gasteiger partial charge >= 0.3 is 0 Å². The minimum atomic E-state index is -0.833. The average Bonchev–Trinajstić information content (AvgIpc) is 2.76. The maximum absolute atomic E-state index is 13.1. The Morgan fingerprint density at radius 2 is 1.70 bits per heavy atom. The minimum absolute atomic E-state index is 0.0422. The van der Waals surface area contributed by atoms with E-state index >= 15 is 0 Å². The molecule has 1 aromatic rings. The Bertz CT molecular complexity index is 1030. The summed E-state index contributed by atoms with van der Waals surface area (Å²) in [7, 11) is 3.69. The van der Waals surface area contributed by atoms with Gasteiger partial charge in [0.1, 0.15) is 0 Å². The Balaban J connectivity index is 0.000000530. The highest BCUT2D eigenvalue weighted by molar-refractivity contribution is 5.87. The Morgan fingerprint density at radius 1 is 1.11 bits per heavy atom. The maximum Gasteiger partial charge on any atom is 0.300 e. The summed E-state index contributed by atoms with van der Waals surface area (Å²) in [6.45, 7) is 4.05. The summed E-state index contributed by atoms with van der Waals surface area (Å²) in [5.41, 5.74) is 6.52. The highest BCUT2D eigenvalue weighted by Gasteiger charge is 2.47. The zero-order valence-corrected chi connectivity index (χ0v) is 22.0. The van der Waals surface area contributed by atoms with Gasteiger partial charge in [0, 0.05) is 51.2 Å². The Hall–Kier alpha value is -3.25. The third kappa shape index (κ3) is 8.12. The van der Waals surface area contributed by atoms with Crippen LogP contribution >= 0.6 is 0 Å². The minimum Gasteiger partial charge on any atom is -0.481 e. The number of nitrogens with zero attached hydrogens (tertiary/aromatic N) is 3. The van der Waals surface area contributed by atoms with Crippen molar-refractivity contribution >= 4 is 23.8 Å². The van der Waals surface area contributed by atoms with Crippen LogP contribution in [0.5, 0.6) is 0 Å².